The number of rotatable bonds is 6. The van der Waals surface area contributed by atoms with Gasteiger partial charge in [-0.2, -0.15) is 0 Å². The molecular formula is C26H38N4O3. The first-order chi connectivity index (χ1) is 15.4. The lowest BCUT2D eigenvalue weighted by atomic mass is 9.69. The molecule has 7 nitrogen and oxygen atoms in total. The van der Waals surface area contributed by atoms with Gasteiger partial charge in [-0.15, -0.1) is 0 Å². The van der Waals surface area contributed by atoms with E-state index in [4.69, 9.17) is 10.7 Å². The molecule has 2 atom stereocenters. The Balaban J connectivity index is 2.02. The molecule has 0 spiro atoms. The predicted molar refractivity (Wildman–Crippen MR) is 131 cm³/mol. The Bertz CT molecular complexity index is 955. The Hall–Kier alpha value is -2.70. The highest BCUT2D eigenvalue weighted by Gasteiger charge is 2.51. The topological polar surface area (TPSA) is 105 Å². The molecule has 0 bridgehead atoms. The van der Waals surface area contributed by atoms with Gasteiger partial charge in [0.2, 0.25) is 18.0 Å². The number of fused-ring (bicyclic) bond motifs is 1. The highest BCUT2D eigenvalue weighted by atomic mass is 16.2. The molecule has 0 radical (unpaired) electrons. The van der Waals surface area contributed by atoms with Crippen molar-refractivity contribution in [1.29, 1.82) is 0 Å². The fourth-order valence-electron chi connectivity index (χ4n) is 5.31. The van der Waals surface area contributed by atoms with Gasteiger partial charge in [-0.05, 0) is 31.2 Å². The summed E-state index contributed by atoms with van der Waals surface area (Å²) in [5.41, 5.74) is 6.97. The van der Waals surface area contributed by atoms with E-state index in [-0.39, 0.29) is 23.1 Å². The van der Waals surface area contributed by atoms with Gasteiger partial charge >= 0.3 is 0 Å². The second kappa shape index (κ2) is 9.27. The number of nitrogens with two attached hydrogens (primary N) is 1. The van der Waals surface area contributed by atoms with Crippen LogP contribution >= 0.6 is 0 Å². The summed E-state index contributed by atoms with van der Waals surface area (Å²) in [5.74, 6) is -1.39. The van der Waals surface area contributed by atoms with Crippen molar-refractivity contribution >= 4 is 29.1 Å². The molecular weight excluding hydrogens is 416 g/mol. The number of carbonyl (C=O) groups is 3. The van der Waals surface area contributed by atoms with Gasteiger partial charge in [-0.1, -0.05) is 65.7 Å². The number of nitrogens with zero attached hydrogens (tertiary/aromatic N) is 2. The maximum Gasteiger partial charge on any atom is 0.272 e. The molecule has 1 saturated carbocycles. The SMILES string of the molecule is CC(C)CC(C(N)=O)C1(C(=O)NC2N=C(C(C)(C)C)c3ccccc3N(C)C2=O)CCCC1. The highest BCUT2D eigenvalue weighted by Crippen LogP contribution is 2.47. The minimum absolute atomic E-state index is 0.221. The van der Waals surface area contributed by atoms with E-state index in [9.17, 15) is 14.4 Å². The summed E-state index contributed by atoms with van der Waals surface area (Å²) in [6.07, 6.45) is 2.38. The molecule has 1 heterocycles. The number of amides is 3. The smallest absolute Gasteiger partial charge is 0.272 e. The van der Waals surface area contributed by atoms with Gasteiger partial charge in [0, 0.05) is 18.0 Å². The minimum Gasteiger partial charge on any atom is -0.369 e. The lowest BCUT2D eigenvalue weighted by Gasteiger charge is -2.36. The second-order valence-electron chi connectivity index (χ2n) is 11.0. The van der Waals surface area contributed by atoms with E-state index in [1.165, 1.54) is 0 Å². The molecule has 2 unspecified atom stereocenters. The molecule has 1 aliphatic carbocycles. The van der Waals surface area contributed by atoms with Crippen LogP contribution in [-0.2, 0) is 14.4 Å². The summed E-state index contributed by atoms with van der Waals surface area (Å²) in [4.78, 5) is 46.1. The quantitative estimate of drug-likeness (QED) is 0.685. The number of para-hydroxylation sites is 1. The second-order valence-corrected chi connectivity index (χ2v) is 11.0. The third kappa shape index (κ3) is 4.82. The summed E-state index contributed by atoms with van der Waals surface area (Å²) < 4.78 is 0. The molecule has 1 fully saturated rings. The average Bonchev–Trinajstić information content (AvgIpc) is 3.20. The number of benzodiazepines with no additional fused rings is 1. The first-order valence-corrected chi connectivity index (χ1v) is 11.9. The number of benzene rings is 1. The number of hydrogen-bond donors (Lipinski definition) is 2. The molecule has 1 aliphatic heterocycles. The van der Waals surface area contributed by atoms with Crippen LogP contribution in [0.25, 0.3) is 0 Å². The Morgan fingerprint density at radius 3 is 2.36 bits per heavy atom. The Morgan fingerprint density at radius 1 is 1.21 bits per heavy atom. The lowest BCUT2D eigenvalue weighted by Crippen LogP contribution is -2.54. The van der Waals surface area contributed by atoms with Gasteiger partial charge in [0.15, 0.2) is 0 Å². The van der Waals surface area contributed by atoms with Gasteiger partial charge < -0.3 is 16.0 Å². The zero-order valence-electron chi connectivity index (χ0n) is 20.8. The van der Waals surface area contributed by atoms with Crippen LogP contribution in [0.5, 0.6) is 0 Å². The van der Waals surface area contributed by atoms with Crippen molar-refractivity contribution in [2.45, 2.75) is 72.9 Å². The maximum absolute atomic E-state index is 13.8. The predicted octanol–water partition coefficient (Wildman–Crippen LogP) is 3.65. The Labute approximate surface area is 197 Å². The Kier molecular flexibility index (Phi) is 7.01. The fourth-order valence-corrected chi connectivity index (χ4v) is 5.31. The Morgan fingerprint density at radius 2 is 1.82 bits per heavy atom. The number of aliphatic imine (C=N–C) groups is 1. The summed E-state index contributed by atoms with van der Waals surface area (Å²) in [6, 6.07) is 7.66. The van der Waals surface area contributed by atoms with Crippen LogP contribution in [0.1, 0.15) is 72.3 Å². The van der Waals surface area contributed by atoms with Gasteiger partial charge in [0.25, 0.3) is 5.91 Å². The molecule has 2 aliphatic rings. The van der Waals surface area contributed by atoms with Crippen LogP contribution in [0.3, 0.4) is 0 Å². The van der Waals surface area contributed by atoms with Crippen molar-refractivity contribution in [3.05, 3.63) is 29.8 Å². The number of anilines is 1. The monoisotopic (exact) mass is 454 g/mol. The first-order valence-electron chi connectivity index (χ1n) is 11.9. The van der Waals surface area contributed by atoms with Crippen LogP contribution in [0.15, 0.2) is 29.3 Å². The number of nitrogens with one attached hydrogen (secondary N) is 1. The molecule has 3 rings (SSSR count). The van der Waals surface area contributed by atoms with Crippen LogP contribution in [-0.4, -0.2) is 36.6 Å². The minimum atomic E-state index is -1.06. The van der Waals surface area contributed by atoms with Crippen LogP contribution in [0.4, 0.5) is 5.69 Å². The van der Waals surface area contributed by atoms with E-state index < -0.39 is 23.4 Å². The van der Waals surface area contributed by atoms with Crippen LogP contribution < -0.4 is 16.0 Å². The zero-order chi connectivity index (χ0) is 24.6. The van der Waals surface area contributed by atoms with Crippen molar-refractivity contribution in [3.63, 3.8) is 0 Å². The zero-order valence-corrected chi connectivity index (χ0v) is 20.8. The van der Waals surface area contributed by atoms with E-state index in [1.54, 1.807) is 11.9 Å². The maximum atomic E-state index is 13.8. The number of primary amides is 1. The average molecular weight is 455 g/mol. The summed E-state index contributed by atoms with van der Waals surface area (Å²) in [7, 11) is 1.71. The van der Waals surface area contributed by atoms with Gasteiger partial charge in [0.05, 0.1) is 22.7 Å². The van der Waals surface area contributed by atoms with Gasteiger partial charge in [-0.25, -0.2) is 0 Å². The van der Waals surface area contributed by atoms with E-state index in [0.717, 1.165) is 29.8 Å². The van der Waals surface area contributed by atoms with Gasteiger partial charge in [-0.3, -0.25) is 19.4 Å². The van der Waals surface area contributed by atoms with Gasteiger partial charge in [0.1, 0.15) is 0 Å². The van der Waals surface area contributed by atoms with E-state index >= 15 is 0 Å². The highest BCUT2D eigenvalue weighted by molar-refractivity contribution is 6.15. The lowest BCUT2D eigenvalue weighted by molar-refractivity contribution is -0.143. The molecule has 1 aromatic carbocycles. The molecule has 33 heavy (non-hydrogen) atoms. The molecule has 3 amide bonds. The molecule has 0 aromatic heterocycles. The number of carbonyl (C=O) groups excluding carboxylic acids is 3. The molecule has 3 N–H and O–H groups in total. The standard InChI is InChI=1S/C26H38N4O3/c1-16(2)15-18(21(27)31)26(13-9-10-14-26)24(33)29-22-23(32)30(6)19-12-8-7-11-17(19)20(28-22)25(3,4)5/h7-8,11-12,16,18,22H,9-10,13-15H2,1-6H3,(H2,27,31)(H,29,33). The van der Waals surface area contributed by atoms with Crippen molar-refractivity contribution < 1.29 is 14.4 Å². The molecule has 7 heteroatoms. The van der Waals surface area contributed by atoms with E-state index in [1.807, 2.05) is 58.9 Å². The molecule has 0 saturated heterocycles. The summed E-state index contributed by atoms with van der Waals surface area (Å²) in [6.45, 7) is 10.2. The first kappa shape index (κ1) is 24.9. The van der Waals surface area contributed by atoms with Crippen molar-refractivity contribution in [2.75, 3.05) is 11.9 Å². The molecule has 180 valence electrons. The van der Waals surface area contributed by atoms with Crippen molar-refractivity contribution in [3.8, 4) is 0 Å². The number of likely N-dealkylation sites (N-methyl/N-ethyl adjacent to an activating group) is 1. The third-order valence-electron chi connectivity index (χ3n) is 6.99. The fraction of sp³-hybridized carbons (Fsp3) is 0.615. The summed E-state index contributed by atoms with van der Waals surface area (Å²) >= 11 is 0. The van der Waals surface area contributed by atoms with E-state index in [2.05, 4.69) is 5.32 Å². The third-order valence-corrected chi connectivity index (χ3v) is 6.99. The van der Waals surface area contributed by atoms with Crippen LogP contribution in [0, 0.1) is 22.7 Å². The van der Waals surface area contributed by atoms with E-state index in [0.29, 0.717) is 19.3 Å². The normalized spacial score (nSPS) is 21.3. The molecule has 1 aromatic rings. The van der Waals surface area contributed by atoms with Crippen LogP contribution in [0.2, 0.25) is 0 Å². The van der Waals surface area contributed by atoms with Crippen molar-refractivity contribution in [2.24, 2.45) is 33.4 Å². The van der Waals surface area contributed by atoms with Crippen molar-refractivity contribution in [1.82, 2.24) is 5.32 Å². The largest absolute Gasteiger partial charge is 0.369 e. The number of hydrogen-bond acceptors (Lipinski definition) is 4. The summed E-state index contributed by atoms with van der Waals surface area (Å²) in [5, 5.41) is 2.94.